The molecule has 116 valence electrons. The van der Waals surface area contributed by atoms with Gasteiger partial charge in [-0.2, -0.15) is 4.31 Å². The molecule has 2 rings (SSSR count). The van der Waals surface area contributed by atoms with Gasteiger partial charge in [-0.15, -0.1) is 11.3 Å². The average molecular weight is 333 g/mol. The number of esters is 1. The molecular weight excluding hydrogens is 318 g/mol. The van der Waals surface area contributed by atoms with Crippen LogP contribution >= 0.6 is 11.3 Å². The van der Waals surface area contributed by atoms with E-state index in [4.69, 9.17) is 0 Å². The second-order valence-corrected chi connectivity index (χ2v) is 7.48. The van der Waals surface area contributed by atoms with Crippen LogP contribution in [0, 0.1) is 0 Å². The molecule has 2 heterocycles. The molecule has 0 radical (unpaired) electrons. The molecule has 0 unspecified atom stereocenters. The van der Waals surface area contributed by atoms with Gasteiger partial charge in [0.2, 0.25) is 5.91 Å². The molecule has 0 aromatic carbocycles. The molecule has 8 nitrogen and oxygen atoms in total. The predicted octanol–water partition coefficient (Wildman–Crippen LogP) is -0.217. The lowest BCUT2D eigenvalue weighted by molar-refractivity contribution is -0.129. The Bertz CT molecular complexity index is 655. The zero-order valence-corrected chi connectivity index (χ0v) is 13.2. The second kappa shape index (κ2) is 6.08. The number of hydrogen-bond donors (Lipinski definition) is 0. The van der Waals surface area contributed by atoms with Crippen molar-refractivity contribution in [1.82, 2.24) is 14.2 Å². The molecule has 0 saturated carbocycles. The molecule has 0 atom stereocenters. The first-order chi connectivity index (χ1) is 9.87. The van der Waals surface area contributed by atoms with Gasteiger partial charge in [0, 0.05) is 20.1 Å². The van der Waals surface area contributed by atoms with E-state index in [2.05, 4.69) is 9.72 Å². The number of rotatable bonds is 3. The van der Waals surface area contributed by atoms with Crippen molar-refractivity contribution in [3.63, 3.8) is 0 Å². The van der Waals surface area contributed by atoms with E-state index in [9.17, 15) is 18.0 Å². The summed E-state index contributed by atoms with van der Waals surface area (Å²) < 4.78 is 30.6. The standard InChI is InChI=1S/C11H15N3O5S2/c1-13-4-3-5-14(6-8(13)15)21(17,18)11-9(10(16)19-2)12-7-20-11/h7H,3-6H2,1-2H3. The highest BCUT2D eigenvalue weighted by atomic mass is 32.2. The van der Waals surface area contributed by atoms with Gasteiger partial charge < -0.3 is 9.64 Å². The number of ether oxygens (including phenoxy) is 1. The van der Waals surface area contributed by atoms with Crippen LogP contribution in [0.3, 0.4) is 0 Å². The van der Waals surface area contributed by atoms with Crippen LogP contribution in [0.2, 0.25) is 0 Å². The monoisotopic (exact) mass is 333 g/mol. The number of carbonyl (C=O) groups excluding carboxylic acids is 2. The van der Waals surface area contributed by atoms with E-state index in [1.165, 1.54) is 10.4 Å². The zero-order chi connectivity index (χ0) is 15.6. The molecular formula is C11H15N3O5S2. The van der Waals surface area contributed by atoms with Crippen molar-refractivity contribution in [2.75, 3.05) is 33.8 Å². The fourth-order valence-electron chi connectivity index (χ4n) is 1.93. The van der Waals surface area contributed by atoms with E-state index < -0.39 is 16.0 Å². The fourth-order valence-corrected chi connectivity index (χ4v) is 4.63. The molecule has 1 aliphatic heterocycles. The van der Waals surface area contributed by atoms with Crippen LogP contribution in [0.15, 0.2) is 9.72 Å². The van der Waals surface area contributed by atoms with Gasteiger partial charge in [-0.25, -0.2) is 18.2 Å². The molecule has 1 saturated heterocycles. The van der Waals surface area contributed by atoms with E-state index in [1.807, 2.05) is 0 Å². The highest BCUT2D eigenvalue weighted by Crippen LogP contribution is 2.25. The fraction of sp³-hybridized carbons (Fsp3) is 0.545. The molecule has 10 heteroatoms. The van der Waals surface area contributed by atoms with Gasteiger partial charge in [-0.05, 0) is 6.42 Å². The summed E-state index contributed by atoms with van der Waals surface area (Å²) in [5, 5.41) is 0. The van der Waals surface area contributed by atoms with Gasteiger partial charge in [-0.3, -0.25) is 4.79 Å². The number of hydrogen-bond acceptors (Lipinski definition) is 7. The Balaban J connectivity index is 2.36. The number of likely N-dealkylation sites (N-methyl/N-ethyl adjacent to an activating group) is 1. The molecule has 0 spiro atoms. The van der Waals surface area contributed by atoms with Crippen molar-refractivity contribution in [1.29, 1.82) is 0 Å². The van der Waals surface area contributed by atoms with Gasteiger partial charge in [0.25, 0.3) is 10.0 Å². The topological polar surface area (TPSA) is 96.9 Å². The Morgan fingerprint density at radius 2 is 2.14 bits per heavy atom. The smallest absolute Gasteiger partial charge is 0.358 e. The molecule has 21 heavy (non-hydrogen) atoms. The van der Waals surface area contributed by atoms with Crippen LogP contribution in [0.25, 0.3) is 0 Å². The van der Waals surface area contributed by atoms with Crippen molar-refractivity contribution in [3.05, 3.63) is 11.2 Å². The summed E-state index contributed by atoms with van der Waals surface area (Å²) >= 11 is 0.836. The number of methoxy groups -OCH3 is 1. The van der Waals surface area contributed by atoms with Crippen LogP contribution in [-0.4, -0.2) is 68.3 Å². The predicted molar refractivity (Wildman–Crippen MR) is 74.5 cm³/mol. The summed E-state index contributed by atoms with van der Waals surface area (Å²) in [7, 11) is -1.16. The lowest BCUT2D eigenvalue weighted by Crippen LogP contribution is -2.38. The Hall–Kier alpha value is -1.52. The lowest BCUT2D eigenvalue weighted by Gasteiger charge is -2.18. The minimum Gasteiger partial charge on any atom is -0.464 e. The summed E-state index contributed by atoms with van der Waals surface area (Å²) in [6.07, 6.45) is 0.536. The molecule has 1 fully saturated rings. The maximum Gasteiger partial charge on any atom is 0.358 e. The number of carbonyl (C=O) groups is 2. The third-order valence-corrected chi connectivity index (χ3v) is 6.32. The number of aromatic nitrogens is 1. The van der Waals surface area contributed by atoms with E-state index in [-0.39, 0.29) is 28.9 Å². The van der Waals surface area contributed by atoms with Crippen LogP contribution in [0.4, 0.5) is 0 Å². The molecule has 0 N–H and O–H groups in total. The summed E-state index contributed by atoms with van der Waals surface area (Å²) in [6.45, 7) is 0.478. The Morgan fingerprint density at radius 3 is 2.81 bits per heavy atom. The number of amides is 1. The van der Waals surface area contributed by atoms with E-state index in [0.29, 0.717) is 13.0 Å². The average Bonchev–Trinajstić information content (AvgIpc) is 2.88. The van der Waals surface area contributed by atoms with E-state index in [0.717, 1.165) is 22.8 Å². The van der Waals surface area contributed by atoms with E-state index in [1.54, 1.807) is 7.05 Å². The van der Waals surface area contributed by atoms with Crippen LogP contribution < -0.4 is 0 Å². The largest absolute Gasteiger partial charge is 0.464 e. The SMILES string of the molecule is COC(=O)c1ncsc1S(=O)(=O)N1CCCN(C)C(=O)C1. The van der Waals surface area contributed by atoms with Crippen molar-refractivity contribution >= 4 is 33.2 Å². The van der Waals surface area contributed by atoms with E-state index >= 15 is 0 Å². The highest BCUT2D eigenvalue weighted by Gasteiger charge is 2.34. The van der Waals surface area contributed by atoms with Gasteiger partial charge >= 0.3 is 5.97 Å². The summed E-state index contributed by atoms with van der Waals surface area (Å²) in [4.78, 5) is 28.6. The van der Waals surface area contributed by atoms with Crippen LogP contribution in [-0.2, 0) is 19.6 Å². The Morgan fingerprint density at radius 1 is 1.43 bits per heavy atom. The van der Waals surface area contributed by atoms with Crippen LogP contribution in [0.1, 0.15) is 16.9 Å². The first-order valence-electron chi connectivity index (χ1n) is 6.14. The van der Waals surface area contributed by atoms with Gasteiger partial charge in [0.05, 0.1) is 19.2 Å². The first-order valence-corrected chi connectivity index (χ1v) is 8.46. The van der Waals surface area contributed by atoms with Crippen molar-refractivity contribution < 1.29 is 22.7 Å². The van der Waals surface area contributed by atoms with Crippen molar-refractivity contribution in [2.24, 2.45) is 0 Å². The number of nitrogens with zero attached hydrogens (tertiary/aromatic N) is 3. The Kier molecular flexibility index (Phi) is 4.59. The minimum atomic E-state index is -3.94. The molecule has 0 bridgehead atoms. The maximum absolute atomic E-state index is 12.6. The van der Waals surface area contributed by atoms with Crippen LogP contribution in [0.5, 0.6) is 0 Å². The quantitative estimate of drug-likeness (QED) is 0.710. The first kappa shape index (κ1) is 15.9. The lowest BCUT2D eigenvalue weighted by atomic mass is 10.4. The summed E-state index contributed by atoms with van der Waals surface area (Å²) in [5.74, 6) is -1.09. The highest BCUT2D eigenvalue weighted by molar-refractivity contribution is 7.91. The number of sulfonamides is 1. The van der Waals surface area contributed by atoms with Gasteiger partial charge in [0.15, 0.2) is 9.90 Å². The second-order valence-electron chi connectivity index (χ2n) is 4.49. The molecule has 1 aromatic heterocycles. The summed E-state index contributed by atoms with van der Waals surface area (Å²) in [6, 6.07) is 0. The normalized spacial score (nSPS) is 17.6. The Labute approximate surface area is 126 Å². The van der Waals surface area contributed by atoms with Crippen molar-refractivity contribution in [2.45, 2.75) is 10.6 Å². The molecule has 1 aliphatic rings. The van der Waals surface area contributed by atoms with Crippen molar-refractivity contribution in [3.8, 4) is 0 Å². The third-order valence-electron chi connectivity index (χ3n) is 3.13. The summed E-state index contributed by atoms with van der Waals surface area (Å²) in [5.41, 5.74) is 1.03. The maximum atomic E-state index is 12.6. The molecule has 1 aromatic rings. The number of thiazole rings is 1. The molecule has 1 amide bonds. The minimum absolute atomic E-state index is 0.188. The van der Waals surface area contributed by atoms with Gasteiger partial charge in [-0.1, -0.05) is 0 Å². The molecule has 0 aliphatic carbocycles. The van der Waals surface area contributed by atoms with Gasteiger partial charge in [0.1, 0.15) is 0 Å². The third kappa shape index (κ3) is 3.06. The zero-order valence-electron chi connectivity index (χ0n) is 11.6.